The predicted octanol–water partition coefficient (Wildman–Crippen LogP) is 3.76. The third-order valence-electron chi connectivity index (χ3n) is 3.27. The van der Waals surface area contributed by atoms with Gasteiger partial charge in [-0.25, -0.2) is 4.39 Å². The highest BCUT2D eigenvalue weighted by Crippen LogP contribution is 2.25. The standard InChI is InChI=1S/C18H20FNO2/c1-13(2)16-8-3-4-9-17(16)22-11-10-20-18(21)14-6-5-7-15(19)12-14/h3-9,12-13H,10-11H2,1-2H3,(H,20,21). The smallest absolute Gasteiger partial charge is 0.251 e. The van der Waals surface area contributed by atoms with Gasteiger partial charge in [0.05, 0.1) is 6.54 Å². The molecule has 0 spiro atoms. The molecule has 0 aliphatic rings. The van der Waals surface area contributed by atoms with E-state index in [9.17, 15) is 9.18 Å². The van der Waals surface area contributed by atoms with Gasteiger partial charge in [0.15, 0.2) is 0 Å². The van der Waals surface area contributed by atoms with Crippen molar-refractivity contribution in [2.24, 2.45) is 0 Å². The van der Waals surface area contributed by atoms with Crippen LogP contribution in [0.15, 0.2) is 48.5 Å². The average molecular weight is 301 g/mol. The lowest BCUT2D eigenvalue weighted by atomic mass is 10.0. The van der Waals surface area contributed by atoms with Gasteiger partial charge in [-0.1, -0.05) is 38.1 Å². The number of carbonyl (C=O) groups is 1. The van der Waals surface area contributed by atoms with Crippen molar-refractivity contribution >= 4 is 5.91 Å². The first-order valence-corrected chi connectivity index (χ1v) is 7.33. The second-order valence-corrected chi connectivity index (χ2v) is 5.31. The Hall–Kier alpha value is -2.36. The predicted molar refractivity (Wildman–Crippen MR) is 84.8 cm³/mol. The Kier molecular flexibility index (Phi) is 5.53. The lowest BCUT2D eigenvalue weighted by Gasteiger charge is -2.14. The molecule has 0 aromatic heterocycles. The highest BCUT2D eigenvalue weighted by Gasteiger charge is 2.08. The van der Waals surface area contributed by atoms with E-state index in [0.717, 1.165) is 11.3 Å². The number of hydrogen-bond acceptors (Lipinski definition) is 2. The Bertz CT molecular complexity index is 640. The van der Waals surface area contributed by atoms with Crippen LogP contribution in [0, 0.1) is 5.82 Å². The van der Waals surface area contributed by atoms with Crippen molar-refractivity contribution in [2.75, 3.05) is 13.2 Å². The Morgan fingerprint density at radius 1 is 1.18 bits per heavy atom. The summed E-state index contributed by atoms with van der Waals surface area (Å²) in [6.45, 7) is 4.94. The van der Waals surface area contributed by atoms with Gasteiger partial charge < -0.3 is 10.1 Å². The van der Waals surface area contributed by atoms with Crippen LogP contribution in [-0.4, -0.2) is 19.1 Å². The molecule has 0 unspecified atom stereocenters. The first kappa shape index (κ1) is 16.0. The fraction of sp³-hybridized carbons (Fsp3) is 0.278. The van der Waals surface area contributed by atoms with E-state index in [1.165, 1.54) is 18.2 Å². The van der Waals surface area contributed by atoms with Crippen molar-refractivity contribution in [3.05, 3.63) is 65.5 Å². The zero-order valence-electron chi connectivity index (χ0n) is 12.8. The molecule has 4 heteroatoms. The molecule has 0 bridgehead atoms. The first-order chi connectivity index (χ1) is 10.6. The van der Waals surface area contributed by atoms with Crippen molar-refractivity contribution in [3.8, 4) is 5.75 Å². The van der Waals surface area contributed by atoms with Crippen LogP contribution in [0.3, 0.4) is 0 Å². The largest absolute Gasteiger partial charge is 0.491 e. The highest BCUT2D eigenvalue weighted by atomic mass is 19.1. The van der Waals surface area contributed by atoms with Gasteiger partial charge in [-0.15, -0.1) is 0 Å². The molecule has 1 amide bonds. The van der Waals surface area contributed by atoms with E-state index in [-0.39, 0.29) is 5.91 Å². The van der Waals surface area contributed by atoms with Gasteiger partial charge in [0.2, 0.25) is 0 Å². The van der Waals surface area contributed by atoms with E-state index in [4.69, 9.17) is 4.74 Å². The van der Waals surface area contributed by atoms with Crippen molar-refractivity contribution < 1.29 is 13.9 Å². The maximum absolute atomic E-state index is 13.1. The van der Waals surface area contributed by atoms with Crippen molar-refractivity contribution in [2.45, 2.75) is 19.8 Å². The molecular formula is C18H20FNO2. The van der Waals surface area contributed by atoms with Crippen LogP contribution in [0.25, 0.3) is 0 Å². The SMILES string of the molecule is CC(C)c1ccccc1OCCNC(=O)c1cccc(F)c1. The Morgan fingerprint density at radius 2 is 1.95 bits per heavy atom. The van der Waals surface area contributed by atoms with Gasteiger partial charge in [0.25, 0.3) is 5.91 Å². The summed E-state index contributed by atoms with van der Waals surface area (Å²) < 4.78 is 18.8. The fourth-order valence-electron chi connectivity index (χ4n) is 2.15. The Labute approximate surface area is 130 Å². The van der Waals surface area contributed by atoms with Crippen LogP contribution in [-0.2, 0) is 0 Å². The molecule has 0 aliphatic carbocycles. The second-order valence-electron chi connectivity index (χ2n) is 5.31. The van der Waals surface area contributed by atoms with Crippen molar-refractivity contribution in [3.63, 3.8) is 0 Å². The van der Waals surface area contributed by atoms with Crippen LogP contribution in [0.5, 0.6) is 5.75 Å². The average Bonchev–Trinajstić information content (AvgIpc) is 2.51. The third-order valence-corrected chi connectivity index (χ3v) is 3.27. The molecule has 2 aromatic rings. The molecule has 2 rings (SSSR count). The summed E-state index contributed by atoms with van der Waals surface area (Å²) in [4.78, 5) is 11.9. The summed E-state index contributed by atoms with van der Waals surface area (Å²) in [5, 5.41) is 2.71. The van der Waals surface area contributed by atoms with Gasteiger partial charge in [-0.05, 0) is 35.7 Å². The van der Waals surface area contributed by atoms with Gasteiger partial charge in [0, 0.05) is 5.56 Å². The Balaban J connectivity index is 1.84. The number of rotatable bonds is 6. The van der Waals surface area contributed by atoms with Crippen molar-refractivity contribution in [1.82, 2.24) is 5.32 Å². The lowest BCUT2D eigenvalue weighted by Crippen LogP contribution is -2.28. The topological polar surface area (TPSA) is 38.3 Å². The number of para-hydroxylation sites is 1. The van der Waals surface area contributed by atoms with Crippen molar-refractivity contribution in [1.29, 1.82) is 0 Å². The summed E-state index contributed by atoms with van der Waals surface area (Å²) in [6.07, 6.45) is 0. The van der Waals surface area contributed by atoms with Crippen LogP contribution in [0.4, 0.5) is 4.39 Å². The molecule has 116 valence electrons. The molecule has 0 aliphatic heterocycles. The molecule has 0 radical (unpaired) electrons. The number of amides is 1. The number of ether oxygens (including phenoxy) is 1. The first-order valence-electron chi connectivity index (χ1n) is 7.33. The second kappa shape index (κ2) is 7.59. The molecule has 0 saturated carbocycles. The fourth-order valence-corrected chi connectivity index (χ4v) is 2.15. The number of halogens is 1. The van der Waals surface area contributed by atoms with Crippen LogP contribution in [0.1, 0.15) is 35.7 Å². The highest BCUT2D eigenvalue weighted by molar-refractivity contribution is 5.94. The summed E-state index contributed by atoms with van der Waals surface area (Å²) >= 11 is 0. The van der Waals surface area contributed by atoms with E-state index in [1.807, 2.05) is 24.3 Å². The Morgan fingerprint density at radius 3 is 2.68 bits per heavy atom. The van der Waals surface area contributed by atoms with E-state index in [2.05, 4.69) is 19.2 Å². The quantitative estimate of drug-likeness (QED) is 0.825. The lowest BCUT2D eigenvalue weighted by molar-refractivity contribution is 0.0946. The number of carbonyl (C=O) groups excluding carboxylic acids is 1. The molecule has 2 aromatic carbocycles. The van der Waals surface area contributed by atoms with Gasteiger partial charge in [-0.2, -0.15) is 0 Å². The minimum Gasteiger partial charge on any atom is -0.491 e. The van der Waals surface area contributed by atoms with Crippen LogP contribution < -0.4 is 10.1 Å². The summed E-state index contributed by atoms with van der Waals surface area (Å²) in [5.74, 6) is 0.477. The normalized spacial score (nSPS) is 10.5. The van der Waals surface area contributed by atoms with Crippen LogP contribution >= 0.6 is 0 Å². The summed E-state index contributed by atoms with van der Waals surface area (Å²) in [7, 11) is 0. The summed E-state index contributed by atoms with van der Waals surface area (Å²) in [5.41, 5.74) is 1.45. The number of hydrogen-bond donors (Lipinski definition) is 1. The minimum absolute atomic E-state index is 0.305. The zero-order valence-corrected chi connectivity index (χ0v) is 12.8. The molecule has 0 heterocycles. The van der Waals surface area contributed by atoms with Gasteiger partial charge in [0.1, 0.15) is 18.2 Å². The maximum Gasteiger partial charge on any atom is 0.251 e. The third kappa shape index (κ3) is 4.32. The number of nitrogens with one attached hydrogen (secondary N) is 1. The summed E-state index contributed by atoms with van der Waals surface area (Å²) in [6, 6.07) is 13.5. The molecule has 0 atom stereocenters. The molecule has 0 saturated heterocycles. The minimum atomic E-state index is -0.422. The van der Waals surface area contributed by atoms with E-state index in [0.29, 0.717) is 24.6 Å². The molecule has 22 heavy (non-hydrogen) atoms. The van der Waals surface area contributed by atoms with E-state index >= 15 is 0 Å². The van der Waals surface area contributed by atoms with E-state index < -0.39 is 5.82 Å². The number of benzene rings is 2. The molecule has 1 N–H and O–H groups in total. The van der Waals surface area contributed by atoms with Gasteiger partial charge in [-0.3, -0.25) is 4.79 Å². The molecule has 3 nitrogen and oxygen atoms in total. The maximum atomic E-state index is 13.1. The van der Waals surface area contributed by atoms with E-state index in [1.54, 1.807) is 6.07 Å². The molecular weight excluding hydrogens is 281 g/mol. The van der Waals surface area contributed by atoms with Gasteiger partial charge >= 0.3 is 0 Å². The monoisotopic (exact) mass is 301 g/mol. The van der Waals surface area contributed by atoms with Crippen LogP contribution in [0.2, 0.25) is 0 Å². The zero-order chi connectivity index (χ0) is 15.9. The molecule has 0 fully saturated rings.